The van der Waals surface area contributed by atoms with Crippen molar-refractivity contribution in [2.75, 3.05) is 45.2 Å². The zero-order chi connectivity index (χ0) is 33.7. The first-order chi connectivity index (χ1) is 21.7. The molecule has 4 rings (SSSR count). The number of ether oxygens (including phenoxy) is 2. The van der Waals surface area contributed by atoms with Gasteiger partial charge in [0.15, 0.2) is 0 Å². The molecule has 0 spiro atoms. The van der Waals surface area contributed by atoms with E-state index in [1.54, 1.807) is 41.1 Å². The molecule has 2 heterocycles. The van der Waals surface area contributed by atoms with Gasteiger partial charge in [0.1, 0.15) is 17.4 Å². The van der Waals surface area contributed by atoms with Crippen LogP contribution in [-0.4, -0.2) is 67.8 Å². The SMILES string of the molecule is COc1ccccc1-c1ccc(C2(C(=O)NCCN(C)C(=O)OC(C)(C)C)CCN(c3ccc(C(F)(F)F)cc3C#N)CC2)cn1. The molecule has 2 amide bonds. The lowest BCUT2D eigenvalue weighted by molar-refractivity contribution is -0.137. The van der Waals surface area contributed by atoms with Crippen LogP contribution in [-0.2, 0) is 21.1 Å². The summed E-state index contributed by atoms with van der Waals surface area (Å²) in [5.74, 6) is 0.395. The highest BCUT2D eigenvalue weighted by Gasteiger charge is 2.44. The van der Waals surface area contributed by atoms with E-state index < -0.39 is 28.8 Å². The van der Waals surface area contributed by atoms with E-state index >= 15 is 0 Å². The first-order valence-corrected chi connectivity index (χ1v) is 14.9. The summed E-state index contributed by atoms with van der Waals surface area (Å²) in [5.41, 5.74) is -0.140. The van der Waals surface area contributed by atoms with Gasteiger partial charge in [-0.3, -0.25) is 9.78 Å². The number of methoxy groups -OCH3 is 1. The Morgan fingerprint density at radius 2 is 1.78 bits per heavy atom. The van der Waals surface area contributed by atoms with Crippen LogP contribution < -0.4 is 15.0 Å². The molecule has 0 bridgehead atoms. The summed E-state index contributed by atoms with van der Waals surface area (Å²) in [4.78, 5) is 34.3. The largest absolute Gasteiger partial charge is 0.496 e. The van der Waals surface area contributed by atoms with Crippen molar-refractivity contribution in [3.8, 4) is 23.1 Å². The van der Waals surface area contributed by atoms with Gasteiger partial charge in [0.2, 0.25) is 5.91 Å². The third-order valence-electron chi connectivity index (χ3n) is 7.97. The van der Waals surface area contributed by atoms with Crippen LogP contribution in [0.15, 0.2) is 60.8 Å². The Morgan fingerprint density at radius 3 is 2.37 bits per heavy atom. The van der Waals surface area contributed by atoms with Crippen molar-refractivity contribution in [1.82, 2.24) is 15.2 Å². The average Bonchev–Trinajstić information content (AvgIpc) is 3.03. The van der Waals surface area contributed by atoms with Crippen LogP contribution >= 0.6 is 0 Å². The molecule has 244 valence electrons. The van der Waals surface area contributed by atoms with Crippen LogP contribution in [0.5, 0.6) is 5.75 Å². The number of alkyl halides is 3. The minimum Gasteiger partial charge on any atom is -0.496 e. The van der Waals surface area contributed by atoms with E-state index in [0.717, 1.165) is 17.7 Å². The van der Waals surface area contributed by atoms with Crippen LogP contribution in [0.25, 0.3) is 11.3 Å². The molecule has 0 radical (unpaired) electrons. The first-order valence-electron chi connectivity index (χ1n) is 14.9. The third-order valence-corrected chi connectivity index (χ3v) is 7.97. The zero-order valence-corrected chi connectivity index (χ0v) is 26.6. The van der Waals surface area contributed by atoms with E-state index in [1.165, 1.54) is 11.0 Å². The number of aromatic nitrogens is 1. The van der Waals surface area contributed by atoms with Crippen molar-refractivity contribution in [2.24, 2.45) is 0 Å². The van der Waals surface area contributed by atoms with Gasteiger partial charge in [-0.05, 0) is 75.6 Å². The standard InChI is InChI=1S/C34H38F3N5O4/c1-32(2,3)46-31(44)41(4)19-16-39-30(43)33(25-10-12-27(40-22-25)26-8-6-7-9-29(26)45-5)14-17-42(18-15-33)28-13-11-24(34(35,36)37)20-23(28)21-38/h6-13,20,22H,14-19H2,1-5H3,(H,39,43). The number of carbonyl (C=O) groups excluding carboxylic acids is 2. The maximum atomic E-state index is 14.0. The number of rotatable bonds is 8. The van der Waals surface area contributed by atoms with Crippen LogP contribution in [0.1, 0.15) is 50.3 Å². The molecule has 1 fully saturated rings. The number of nitriles is 1. The number of piperidine rings is 1. The van der Waals surface area contributed by atoms with Gasteiger partial charge in [-0.2, -0.15) is 18.4 Å². The molecular weight excluding hydrogens is 599 g/mol. The Balaban J connectivity index is 1.59. The predicted molar refractivity (Wildman–Crippen MR) is 167 cm³/mol. The zero-order valence-electron chi connectivity index (χ0n) is 26.6. The van der Waals surface area contributed by atoms with E-state index in [-0.39, 0.29) is 24.6 Å². The van der Waals surface area contributed by atoms with Gasteiger partial charge in [-0.25, -0.2) is 4.79 Å². The topological polar surface area (TPSA) is 108 Å². The number of pyridine rings is 1. The van der Waals surface area contributed by atoms with Gasteiger partial charge < -0.3 is 24.6 Å². The van der Waals surface area contributed by atoms with E-state index in [9.17, 15) is 28.0 Å². The van der Waals surface area contributed by atoms with Crippen molar-refractivity contribution in [2.45, 2.75) is 50.8 Å². The minimum absolute atomic E-state index is 0.0835. The second kappa shape index (κ2) is 13.7. The summed E-state index contributed by atoms with van der Waals surface area (Å²) in [6.07, 6.45) is -2.79. The van der Waals surface area contributed by atoms with E-state index in [2.05, 4.69) is 10.3 Å². The molecule has 1 N–H and O–H groups in total. The van der Waals surface area contributed by atoms with Crippen LogP contribution in [0.3, 0.4) is 0 Å². The van der Waals surface area contributed by atoms with E-state index in [1.807, 2.05) is 47.4 Å². The Morgan fingerprint density at radius 1 is 1.09 bits per heavy atom. The molecule has 0 atom stereocenters. The predicted octanol–water partition coefficient (Wildman–Crippen LogP) is 6.17. The third kappa shape index (κ3) is 7.70. The lowest BCUT2D eigenvalue weighted by atomic mass is 9.72. The second-order valence-electron chi connectivity index (χ2n) is 12.2. The fraction of sp³-hybridized carbons (Fsp3) is 0.412. The highest BCUT2D eigenvalue weighted by molar-refractivity contribution is 5.89. The highest BCUT2D eigenvalue weighted by Crippen LogP contribution is 2.40. The molecule has 0 unspecified atom stereocenters. The molecule has 9 nitrogen and oxygen atoms in total. The number of carbonyl (C=O) groups is 2. The lowest BCUT2D eigenvalue weighted by Crippen LogP contribution is -2.53. The molecule has 3 aromatic rings. The summed E-state index contributed by atoms with van der Waals surface area (Å²) in [7, 11) is 3.17. The number of hydrogen-bond acceptors (Lipinski definition) is 7. The molecule has 1 saturated heterocycles. The number of anilines is 1. The summed E-state index contributed by atoms with van der Waals surface area (Å²) >= 11 is 0. The van der Waals surface area contributed by atoms with Crippen LogP contribution in [0.4, 0.5) is 23.7 Å². The number of halogens is 3. The number of nitrogens with zero attached hydrogens (tertiary/aromatic N) is 4. The van der Waals surface area contributed by atoms with Crippen molar-refractivity contribution in [3.05, 3.63) is 77.5 Å². The molecule has 46 heavy (non-hydrogen) atoms. The Bertz CT molecular complexity index is 1590. The van der Waals surface area contributed by atoms with Gasteiger partial charge in [-0.1, -0.05) is 18.2 Å². The van der Waals surface area contributed by atoms with E-state index in [0.29, 0.717) is 48.6 Å². The second-order valence-corrected chi connectivity index (χ2v) is 12.2. The van der Waals surface area contributed by atoms with E-state index in [4.69, 9.17) is 9.47 Å². The molecule has 1 aliphatic heterocycles. The highest BCUT2D eigenvalue weighted by atomic mass is 19.4. The maximum absolute atomic E-state index is 14.0. The van der Waals surface area contributed by atoms with Crippen molar-refractivity contribution < 1.29 is 32.2 Å². The molecule has 0 aliphatic carbocycles. The number of hydrogen-bond donors (Lipinski definition) is 1. The van der Waals surface area contributed by atoms with Gasteiger partial charge >= 0.3 is 12.3 Å². The molecular formula is C34H38F3N5O4. The molecule has 1 aromatic heterocycles. The van der Waals surface area contributed by atoms with Crippen molar-refractivity contribution in [1.29, 1.82) is 5.26 Å². The quantitative estimate of drug-likeness (QED) is 0.315. The summed E-state index contributed by atoms with van der Waals surface area (Å²) < 4.78 is 50.8. The Labute approximate surface area is 266 Å². The molecule has 0 saturated carbocycles. The number of amides is 2. The summed E-state index contributed by atoms with van der Waals surface area (Å²) in [6.45, 7) is 6.31. The van der Waals surface area contributed by atoms with Crippen molar-refractivity contribution in [3.63, 3.8) is 0 Å². The number of benzene rings is 2. The van der Waals surface area contributed by atoms with Crippen molar-refractivity contribution >= 4 is 17.7 Å². The van der Waals surface area contributed by atoms with Gasteiger partial charge in [0.05, 0.1) is 35.0 Å². The fourth-order valence-corrected chi connectivity index (χ4v) is 5.48. The smallest absolute Gasteiger partial charge is 0.416 e. The van der Waals surface area contributed by atoms with Crippen LogP contribution in [0, 0.1) is 11.3 Å². The van der Waals surface area contributed by atoms with Crippen LogP contribution in [0.2, 0.25) is 0 Å². The number of para-hydroxylation sites is 1. The average molecular weight is 638 g/mol. The molecule has 2 aromatic carbocycles. The maximum Gasteiger partial charge on any atom is 0.416 e. The van der Waals surface area contributed by atoms with Gasteiger partial charge in [0, 0.05) is 45.0 Å². The Kier molecular flexibility index (Phi) is 10.1. The normalized spacial score (nSPS) is 14.6. The number of likely N-dealkylation sites (N-methyl/N-ethyl adjacent to an activating group) is 1. The monoisotopic (exact) mass is 637 g/mol. The fourth-order valence-electron chi connectivity index (χ4n) is 5.48. The summed E-state index contributed by atoms with van der Waals surface area (Å²) in [5, 5.41) is 12.6. The van der Waals surface area contributed by atoms with Gasteiger partial charge in [0.25, 0.3) is 0 Å². The lowest BCUT2D eigenvalue weighted by Gasteiger charge is -2.42. The molecule has 1 aliphatic rings. The van der Waals surface area contributed by atoms with Gasteiger partial charge in [-0.15, -0.1) is 0 Å². The Hall–Kier alpha value is -4.79. The molecule has 12 heteroatoms. The minimum atomic E-state index is -4.57. The summed E-state index contributed by atoms with van der Waals surface area (Å²) in [6, 6.07) is 16.2. The number of nitrogens with one attached hydrogen (secondary N) is 1. The first kappa shape index (κ1) is 34.1.